The van der Waals surface area contributed by atoms with Crippen molar-refractivity contribution in [1.82, 2.24) is 4.90 Å². The smallest absolute Gasteiger partial charge is 0.123 e. The summed E-state index contributed by atoms with van der Waals surface area (Å²) < 4.78 is 19.3. The summed E-state index contributed by atoms with van der Waals surface area (Å²) in [5.74, 6) is -0.204. The van der Waals surface area contributed by atoms with Crippen molar-refractivity contribution in [3.63, 3.8) is 0 Å². The molecule has 1 aromatic carbocycles. The van der Waals surface area contributed by atoms with E-state index in [2.05, 4.69) is 25.7 Å². The van der Waals surface area contributed by atoms with Gasteiger partial charge in [0.2, 0.25) is 0 Å². The molecule has 112 valence electrons. The Balaban J connectivity index is 2.27. The van der Waals surface area contributed by atoms with Crippen LogP contribution in [0.4, 0.5) is 4.39 Å². The third-order valence-electron chi connectivity index (χ3n) is 3.91. The Labute approximate surface area is 120 Å². The lowest BCUT2D eigenvalue weighted by atomic mass is 9.95. The fourth-order valence-corrected chi connectivity index (χ4v) is 3.09. The molecule has 4 atom stereocenters. The SMILES string of the molecule is CCC(N)C(c1cccc(F)c1)N1CC(C)OC(C)C1. The second-order valence-electron chi connectivity index (χ2n) is 5.78. The molecule has 20 heavy (non-hydrogen) atoms. The van der Waals surface area contributed by atoms with Gasteiger partial charge in [0.1, 0.15) is 5.82 Å². The molecule has 2 rings (SSSR count). The molecule has 0 amide bonds. The van der Waals surface area contributed by atoms with Crippen molar-refractivity contribution in [3.8, 4) is 0 Å². The zero-order valence-electron chi connectivity index (χ0n) is 12.6. The molecule has 0 aromatic heterocycles. The minimum atomic E-state index is -0.204. The molecule has 1 saturated heterocycles. The maximum atomic E-state index is 13.5. The van der Waals surface area contributed by atoms with Crippen LogP contribution in [0.15, 0.2) is 24.3 Å². The summed E-state index contributed by atoms with van der Waals surface area (Å²) >= 11 is 0. The lowest BCUT2D eigenvalue weighted by molar-refractivity contribution is -0.0838. The number of ether oxygens (including phenoxy) is 1. The Bertz CT molecular complexity index is 430. The van der Waals surface area contributed by atoms with E-state index in [9.17, 15) is 4.39 Å². The lowest BCUT2D eigenvalue weighted by Gasteiger charge is -2.42. The number of benzene rings is 1. The summed E-state index contributed by atoms with van der Waals surface area (Å²) in [6, 6.07) is 6.84. The normalized spacial score (nSPS) is 27.2. The van der Waals surface area contributed by atoms with Crippen molar-refractivity contribution in [2.75, 3.05) is 13.1 Å². The summed E-state index contributed by atoms with van der Waals surface area (Å²) in [5.41, 5.74) is 7.28. The number of halogens is 1. The summed E-state index contributed by atoms with van der Waals surface area (Å²) in [7, 11) is 0. The highest BCUT2D eigenvalue weighted by Gasteiger charge is 2.31. The fraction of sp³-hybridized carbons (Fsp3) is 0.625. The molecular formula is C16H25FN2O. The Kier molecular flexibility index (Phi) is 5.13. The molecule has 1 heterocycles. The zero-order valence-corrected chi connectivity index (χ0v) is 12.6. The van der Waals surface area contributed by atoms with E-state index in [-0.39, 0.29) is 30.1 Å². The second kappa shape index (κ2) is 6.66. The average molecular weight is 280 g/mol. The molecule has 1 fully saturated rings. The maximum absolute atomic E-state index is 13.5. The van der Waals surface area contributed by atoms with Crippen molar-refractivity contribution in [3.05, 3.63) is 35.6 Å². The first-order chi connectivity index (χ1) is 9.51. The first kappa shape index (κ1) is 15.4. The summed E-state index contributed by atoms with van der Waals surface area (Å²) in [5, 5.41) is 0. The van der Waals surface area contributed by atoms with Crippen LogP contribution in [-0.2, 0) is 4.74 Å². The van der Waals surface area contributed by atoms with Gasteiger partial charge in [0.25, 0.3) is 0 Å². The van der Waals surface area contributed by atoms with Crippen LogP contribution in [-0.4, -0.2) is 36.2 Å². The van der Waals surface area contributed by atoms with Gasteiger partial charge in [0, 0.05) is 19.1 Å². The molecule has 0 bridgehead atoms. The number of nitrogens with two attached hydrogens (primary N) is 1. The molecule has 1 aliphatic rings. The molecule has 2 N–H and O–H groups in total. The predicted molar refractivity (Wildman–Crippen MR) is 79.0 cm³/mol. The average Bonchev–Trinajstić information content (AvgIpc) is 2.37. The Morgan fingerprint density at radius 1 is 1.35 bits per heavy atom. The van der Waals surface area contributed by atoms with Crippen LogP contribution >= 0.6 is 0 Å². The van der Waals surface area contributed by atoms with Crippen molar-refractivity contribution >= 4 is 0 Å². The molecule has 4 heteroatoms. The van der Waals surface area contributed by atoms with E-state index in [1.807, 2.05) is 6.07 Å². The third-order valence-corrected chi connectivity index (χ3v) is 3.91. The standard InChI is InChI=1S/C16H25FN2O/c1-4-15(18)16(13-6-5-7-14(17)8-13)19-9-11(2)20-12(3)10-19/h5-8,11-12,15-16H,4,9-10,18H2,1-3H3. The molecule has 0 saturated carbocycles. The summed E-state index contributed by atoms with van der Waals surface area (Å²) in [6.45, 7) is 7.88. The van der Waals surface area contributed by atoms with E-state index >= 15 is 0 Å². The van der Waals surface area contributed by atoms with Gasteiger partial charge in [-0.2, -0.15) is 0 Å². The fourth-order valence-electron chi connectivity index (χ4n) is 3.09. The predicted octanol–water partition coefficient (Wildman–Crippen LogP) is 2.71. The first-order valence-corrected chi connectivity index (χ1v) is 7.41. The van der Waals surface area contributed by atoms with Crippen LogP contribution in [0.25, 0.3) is 0 Å². The van der Waals surface area contributed by atoms with Crippen molar-refractivity contribution in [1.29, 1.82) is 0 Å². The van der Waals surface area contributed by atoms with Gasteiger partial charge in [-0.15, -0.1) is 0 Å². The molecule has 4 unspecified atom stereocenters. The van der Waals surface area contributed by atoms with Gasteiger partial charge in [-0.1, -0.05) is 19.1 Å². The van der Waals surface area contributed by atoms with Gasteiger partial charge < -0.3 is 10.5 Å². The summed E-state index contributed by atoms with van der Waals surface area (Å²) in [6.07, 6.45) is 1.22. The lowest BCUT2D eigenvalue weighted by Crippen LogP contribution is -2.51. The van der Waals surface area contributed by atoms with E-state index < -0.39 is 0 Å². The highest BCUT2D eigenvalue weighted by atomic mass is 19.1. The molecule has 0 aliphatic carbocycles. The van der Waals surface area contributed by atoms with Crippen LogP contribution in [0.1, 0.15) is 38.8 Å². The zero-order chi connectivity index (χ0) is 14.7. The topological polar surface area (TPSA) is 38.5 Å². The number of hydrogen-bond acceptors (Lipinski definition) is 3. The van der Waals surface area contributed by atoms with Crippen LogP contribution < -0.4 is 5.73 Å². The number of hydrogen-bond donors (Lipinski definition) is 1. The molecule has 1 aromatic rings. The van der Waals surface area contributed by atoms with E-state index in [0.717, 1.165) is 25.1 Å². The third kappa shape index (κ3) is 3.57. The van der Waals surface area contributed by atoms with Gasteiger partial charge in [-0.05, 0) is 38.0 Å². The van der Waals surface area contributed by atoms with Crippen molar-refractivity contribution in [2.24, 2.45) is 5.73 Å². The molecular weight excluding hydrogens is 255 g/mol. The largest absolute Gasteiger partial charge is 0.373 e. The van der Waals surface area contributed by atoms with Gasteiger partial charge in [0.15, 0.2) is 0 Å². The number of nitrogens with zero attached hydrogens (tertiary/aromatic N) is 1. The van der Waals surface area contributed by atoms with E-state index in [0.29, 0.717) is 0 Å². The van der Waals surface area contributed by atoms with Crippen molar-refractivity contribution < 1.29 is 9.13 Å². The number of rotatable bonds is 4. The molecule has 0 spiro atoms. The highest BCUT2D eigenvalue weighted by molar-refractivity contribution is 5.22. The van der Waals surface area contributed by atoms with Gasteiger partial charge in [0.05, 0.1) is 18.2 Å². The van der Waals surface area contributed by atoms with Crippen LogP contribution in [0.5, 0.6) is 0 Å². The number of morpholine rings is 1. The Morgan fingerprint density at radius 3 is 2.55 bits per heavy atom. The summed E-state index contributed by atoms with van der Waals surface area (Å²) in [4.78, 5) is 2.34. The molecule has 0 radical (unpaired) electrons. The molecule has 1 aliphatic heterocycles. The second-order valence-corrected chi connectivity index (χ2v) is 5.78. The van der Waals surface area contributed by atoms with Crippen LogP contribution in [0.3, 0.4) is 0 Å². The maximum Gasteiger partial charge on any atom is 0.123 e. The monoisotopic (exact) mass is 280 g/mol. The minimum absolute atomic E-state index is 0.00528. The molecule has 3 nitrogen and oxygen atoms in total. The highest BCUT2D eigenvalue weighted by Crippen LogP contribution is 2.28. The van der Waals surface area contributed by atoms with E-state index in [4.69, 9.17) is 10.5 Å². The van der Waals surface area contributed by atoms with Gasteiger partial charge >= 0.3 is 0 Å². The Morgan fingerprint density at radius 2 is 2.00 bits per heavy atom. The quantitative estimate of drug-likeness (QED) is 0.921. The first-order valence-electron chi connectivity index (χ1n) is 7.41. The van der Waals surface area contributed by atoms with E-state index in [1.54, 1.807) is 12.1 Å². The Hall–Kier alpha value is -0.970. The minimum Gasteiger partial charge on any atom is -0.373 e. The van der Waals surface area contributed by atoms with Gasteiger partial charge in [-0.3, -0.25) is 4.90 Å². The van der Waals surface area contributed by atoms with E-state index in [1.165, 1.54) is 6.07 Å². The van der Waals surface area contributed by atoms with Crippen molar-refractivity contribution in [2.45, 2.75) is 51.5 Å². The van der Waals surface area contributed by atoms with Crippen LogP contribution in [0, 0.1) is 5.82 Å². The van der Waals surface area contributed by atoms with Crippen LogP contribution in [0.2, 0.25) is 0 Å². The van der Waals surface area contributed by atoms with Gasteiger partial charge in [-0.25, -0.2) is 4.39 Å².